The van der Waals surface area contributed by atoms with Crippen molar-refractivity contribution in [3.8, 4) is 0 Å². The first-order chi connectivity index (χ1) is 6.93. The van der Waals surface area contributed by atoms with Crippen LogP contribution >= 0.6 is 0 Å². The molecule has 0 spiro atoms. The van der Waals surface area contributed by atoms with Crippen LogP contribution in [-0.2, 0) is 10.2 Å². The van der Waals surface area contributed by atoms with Gasteiger partial charge in [0.05, 0.1) is 0 Å². The van der Waals surface area contributed by atoms with Gasteiger partial charge in [-0.25, -0.2) is 4.72 Å². The van der Waals surface area contributed by atoms with E-state index in [2.05, 4.69) is 22.6 Å². The van der Waals surface area contributed by atoms with Crippen molar-refractivity contribution in [3.63, 3.8) is 0 Å². The summed E-state index contributed by atoms with van der Waals surface area (Å²) in [6.45, 7) is 11.8. The molecular weight excluding hydrogens is 212 g/mol. The van der Waals surface area contributed by atoms with Crippen LogP contribution in [0.5, 0.6) is 0 Å². The minimum atomic E-state index is -3.40. The molecule has 0 bridgehead atoms. The molecule has 0 radical (unpaired) electrons. The summed E-state index contributed by atoms with van der Waals surface area (Å²) in [6, 6.07) is 0. The number of nitrogens with one attached hydrogen (secondary N) is 2. The summed E-state index contributed by atoms with van der Waals surface area (Å²) < 4.78 is 27.5. The Labute approximate surface area is 92.6 Å². The van der Waals surface area contributed by atoms with Gasteiger partial charge in [-0.2, -0.15) is 13.1 Å². The average Bonchev–Trinajstić information content (AvgIpc) is 2.15. The Balaban J connectivity index is 4.12. The summed E-state index contributed by atoms with van der Waals surface area (Å²) in [4.78, 5) is 0. The first kappa shape index (κ1) is 14.3. The highest BCUT2D eigenvalue weighted by molar-refractivity contribution is 7.87. The number of rotatable bonds is 8. The van der Waals surface area contributed by atoms with Gasteiger partial charge in [-0.3, -0.25) is 0 Å². The van der Waals surface area contributed by atoms with E-state index in [1.165, 1.54) is 6.08 Å². The summed E-state index contributed by atoms with van der Waals surface area (Å²) in [5.41, 5.74) is 0. The smallest absolute Gasteiger partial charge is 0.202 e. The zero-order valence-corrected chi connectivity index (χ0v) is 10.2. The van der Waals surface area contributed by atoms with Gasteiger partial charge in [-0.1, -0.05) is 26.0 Å². The Morgan fingerprint density at radius 3 is 2.27 bits per heavy atom. The van der Waals surface area contributed by atoms with Crippen molar-refractivity contribution in [1.29, 1.82) is 0 Å². The van der Waals surface area contributed by atoms with Crippen LogP contribution in [0.1, 0.15) is 13.8 Å². The lowest BCUT2D eigenvalue weighted by Crippen LogP contribution is -2.39. The van der Waals surface area contributed by atoms with Gasteiger partial charge in [-0.15, -0.1) is 13.2 Å². The Hall–Kier alpha value is -0.650. The third kappa shape index (κ3) is 6.43. The first-order valence-electron chi connectivity index (χ1n) is 4.90. The minimum Gasteiger partial charge on any atom is -0.202 e. The predicted octanol–water partition coefficient (Wildman–Crippen LogP) is 1.05. The van der Waals surface area contributed by atoms with Gasteiger partial charge in [0.2, 0.25) is 0 Å². The molecule has 0 aromatic heterocycles. The third-order valence-corrected chi connectivity index (χ3v) is 3.18. The molecule has 0 aliphatic rings. The molecule has 5 heteroatoms. The second-order valence-corrected chi connectivity index (χ2v) is 5.22. The molecule has 88 valence electrons. The Kier molecular flexibility index (Phi) is 6.47. The SMILES string of the molecule is C=CCNS(=O)(=O)NCC(C=C)C(C)C. The summed E-state index contributed by atoms with van der Waals surface area (Å²) >= 11 is 0. The maximum absolute atomic E-state index is 11.3. The van der Waals surface area contributed by atoms with E-state index in [1.54, 1.807) is 6.08 Å². The third-order valence-electron chi connectivity index (χ3n) is 2.09. The van der Waals surface area contributed by atoms with E-state index in [1.807, 2.05) is 13.8 Å². The molecule has 1 unspecified atom stereocenters. The molecule has 0 aromatic carbocycles. The highest BCUT2D eigenvalue weighted by atomic mass is 32.2. The summed E-state index contributed by atoms with van der Waals surface area (Å²) in [7, 11) is -3.40. The van der Waals surface area contributed by atoms with Gasteiger partial charge in [0, 0.05) is 13.1 Å². The molecule has 2 N–H and O–H groups in total. The van der Waals surface area contributed by atoms with Gasteiger partial charge in [-0.05, 0) is 11.8 Å². The fraction of sp³-hybridized carbons (Fsp3) is 0.600. The maximum Gasteiger partial charge on any atom is 0.277 e. The van der Waals surface area contributed by atoms with Gasteiger partial charge in [0.15, 0.2) is 0 Å². The number of hydrogen-bond acceptors (Lipinski definition) is 2. The zero-order chi connectivity index (χ0) is 11.9. The highest BCUT2D eigenvalue weighted by Crippen LogP contribution is 2.10. The van der Waals surface area contributed by atoms with Crippen LogP contribution in [0.25, 0.3) is 0 Å². The lowest BCUT2D eigenvalue weighted by molar-refractivity contribution is 0.456. The second kappa shape index (κ2) is 6.76. The lowest BCUT2D eigenvalue weighted by Gasteiger charge is -2.17. The van der Waals surface area contributed by atoms with Crippen LogP contribution in [0.2, 0.25) is 0 Å². The van der Waals surface area contributed by atoms with Crippen LogP contribution in [0.3, 0.4) is 0 Å². The minimum absolute atomic E-state index is 0.144. The van der Waals surface area contributed by atoms with Crippen LogP contribution < -0.4 is 9.44 Å². The van der Waals surface area contributed by atoms with Gasteiger partial charge in [0.25, 0.3) is 10.2 Å². The van der Waals surface area contributed by atoms with Crippen molar-refractivity contribution in [2.75, 3.05) is 13.1 Å². The topological polar surface area (TPSA) is 58.2 Å². The standard InChI is InChI=1S/C10H20N2O2S/c1-5-7-11-15(13,14)12-8-10(6-2)9(3)4/h5-6,9-12H,1-2,7-8H2,3-4H3. The highest BCUT2D eigenvalue weighted by Gasteiger charge is 2.13. The summed E-state index contributed by atoms with van der Waals surface area (Å²) in [5, 5.41) is 0. The molecule has 0 saturated carbocycles. The van der Waals surface area contributed by atoms with Crippen molar-refractivity contribution >= 4 is 10.2 Å². The molecular formula is C10H20N2O2S. The van der Waals surface area contributed by atoms with Crippen molar-refractivity contribution in [1.82, 2.24) is 9.44 Å². The van der Waals surface area contributed by atoms with E-state index in [9.17, 15) is 8.42 Å². The molecule has 1 atom stereocenters. The molecule has 0 aliphatic carbocycles. The fourth-order valence-electron chi connectivity index (χ4n) is 1.02. The maximum atomic E-state index is 11.3. The van der Waals surface area contributed by atoms with E-state index in [4.69, 9.17) is 0 Å². The van der Waals surface area contributed by atoms with Crippen LogP contribution in [0.4, 0.5) is 0 Å². The van der Waals surface area contributed by atoms with Crippen molar-refractivity contribution in [2.45, 2.75) is 13.8 Å². The van der Waals surface area contributed by atoms with E-state index in [-0.39, 0.29) is 12.5 Å². The summed E-state index contributed by atoms with van der Waals surface area (Å²) in [6.07, 6.45) is 3.26. The predicted molar refractivity (Wildman–Crippen MR) is 63.6 cm³/mol. The normalized spacial score (nSPS) is 13.8. The second-order valence-electron chi connectivity index (χ2n) is 3.63. The van der Waals surface area contributed by atoms with Crippen molar-refractivity contribution in [2.24, 2.45) is 11.8 Å². The van der Waals surface area contributed by atoms with Crippen LogP contribution in [0.15, 0.2) is 25.3 Å². The number of hydrogen-bond donors (Lipinski definition) is 2. The molecule has 4 nitrogen and oxygen atoms in total. The fourth-order valence-corrected chi connectivity index (χ4v) is 1.87. The van der Waals surface area contributed by atoms with Gasteiger partial charge < -0.3 is 0 Å². The first-order valence-corrected chi connectivity index (χ1v) is 6.39. The molecule has 0 amide bonds. The zero-order valence-electron chi connectivity index (χ0n) is 9.36. The quantitative estimate of drug-likeness (QED) is 0.615. The summed E-state index contributed by atoms with van der Waals surface area (Å²) in [5.74, 6) is 0.509. The van der Waals surface area contributed by atoms with E-state index in [0.29, 0.717) is 12.5 Å². The molecule has 0 aliphatic heterocycles. The van der Waals surface area contributed by atoms with E-state index in [0.717, 1.165) is 0 Å². The Morgan fingerprint density at radius 1 is 1.27 bits per heavy atom. The molecule has 0 aromatic rings. The molecule has 0 rings (SSSR count). The monoisotopic (exact) mass is 232 g/mol. The van der Waals surface area contributed by atoms with Crippen molar-refractivity contribution < 1.29 is 8.42 Å². The Bertz CT molecular complexity index is 297. The molecule has 0 saturated heterocycles. The molecule has 0 fully saturated rings. The van der Waals surface area contributed by atoms with E-state index < -0.39 is 10.2 Å². The van der Waals surface area contributed by atoms with Crippen LogP contribution in [0, 0.1) is 11.8 Å². The largest absolute Gasteiger partial charge is 0.277 e. The molecule has 15 heavy (non-hydrogen) atoms. The molecule has 0 heterocycles. The lowest BCUT2D eigenvalue weighted by atomic mass is 9.97. The van der Waals surface area contributed by atoms with Crippen LogP contribution in [-0.4, -0.2) is 21.5 Å². The van der Waals surface area contributed by atoms with Gasteiger partial charge >= 0.3 is 0 Å². The van der Waals surface area contributed by atoms with Crippen molar-refractivity contribution in [3.05, 3.63) is 25.3 Å². The Morgan fingerprint density at radius 2 is 1.87 bits per heavy atom. The van der Waals surface area contributed by atoms with E-state index >= 15 is 0 Å². The van der Waals surface area contributed by atoms with Gasteiger partial charge in [0.1, 0.15) is 0 Å². The average molecular weight is 232 g/mol.